The van der Waals surface area contributed by atoms with Crippen LogP contribution >= 0.6 is 11.3 Å². The Morgan fingerprint density at radius 1 is 1.38 bits per heavy atom. The van der Waals surface area contributed by atoms with Crippen molar-refractivity contribution in [1.29, 1.82) is 0 Å². The van der Waals surface area contributed by atoms with E-state index in [0.717, 1.165) is 24.9 Å². The highest BCUT2D eigenvalue weighted by atomic mass is 32.1. The SMILES string of the molecule is CC(Cc1ccsc1)NC1CCc2ccccc2NC1=O. The number of para-hydroxylation sites is 1. The van der Waals surface area contributed by atoms with E-state index in [1.54, 1.807) is 11.3 Å². The molecule has 2 unspecified atom stereocenters. The highest BCUT2D eigenvalue weighted by Crippen LogP contribution is 2.21. The third-order valence-electron chi connectivity index (χ3n) is 3.90. The van der Waals surface area contributed by atoms with Crippen LogP contribution in [0.25, 0.3) is 0 Å². The molecule has 1 aromatic carbocycles. The van der Waals surface area contributed by atoms with Crippen LogP contribution in [0.4, 0.5) is 5.69 Å². The van der Waals surface area contributed by atoms with E-state index in [-0.39, 0.29) is 18.0 Å². The Morgan fingerprint density at radius 3 is 3.05 bits per heavy atom. The molecule has 0 saturated carbocycles. The summed E-state index contributed by atoms with van der Waals surface area (Å²) in [5.74, 6) is 0.0807. The second kappa shape index (κ2) is 6.41. The van der Waals surface area contributed by atoms with Crippen LogP contribution in [-0.4, -0.2) is 18.0 Å². The van der Waals surface area contributed by atoms with E-state index in [0.29, 0.717) is 0 Å². The van der Waals surface area contributed by atoms with Gasteiger partial charge in [0.1, 0.15) is 0 Å². The maximum atomic E-state index is 12.3. The van der Waals surface area contributed by atoms with E-state index < -0.39 is 0 Å². The van der Waals surface area contributed by atoms with Crippen molar-refractivity contribution >= 4 is 22.9 Å². The lowest BCUT2D eigenvalue weighted by Gasteiger charge is -2.20. The van der Waals surface area contributed by atoms with Crippen LogP contribution in [0.15, 0.2) is 41.1 Å². The monoisotopic (exact) mass is 300 g/mol. The number of hydrogen-bond donors (Lipinski definition) is 2. The van der Waals surface area contributed by atoms with Gasteiger partial charge in [-0.25, -0.2) is 0 Å². The summed E-state index contributed by atoms with van der Waals surface area (Å²) >= 11 is 1.72. The molecule has 1 aliphatic rings. The number of carbonyl (C=O) groups is 1. The summed E-state index contributed by atoms with van der Waals surface area (Å²) in [4.78, 5) is 12.3. The maximum absolute atomic E-state index is 12.3. The summed E-state index contributed by atoms with van der Waals surface area (Å²) in [7, 11) is 0. The number of hydrogen-bond acceptors (Lipinski definition) is 3. The average molecular weight is 300 g/mol. The van der Waals surface area contributed by atoms with E-state index in [4.69, 9.17) is 0 Å². The molecule has 1 amide bonds. The number of benzene rings is 1. The Bertz CT molecular complexity index is 609. The summed E-state index contributed by atoms with van der Waals surface area (Å²) in [6.07, 6.45) is 2.73. The minimum absolute atomic E-state index is 0.0807. The third-order valence-corrected chi connectivity index (χ3v) is 4.63. The van der Waals surface area contributed by atoms with Gasteiger partial charge in [0.25, 0.3) is 0 Å². The van der Waals surface area contributed by atoms with Crippen molar-refractivity contribution in [2.24, 2.45) is 0 Å². The maximum Gasteiger partial charge on any atom is 0.241 e. The van der Waals surface area contributed by atoms with E-state index in [1.807, 2.05) is 18.2 Å². The molecule has 21 heavy (non-hydrogen) atoms. The molecule has 2 N–H and O–H groups in total. The van der Waals surface area contributed by atoms with Crippen molar-refractivity contribution < 1.29 is 4.79 Å². The van der Waals surface area contributed by atoms with Crippen LogP contribution in [0, 0.1) is 0 Å². The van der Waals surface area contributed by atoms with Gasteiger partial charge in [-0.05, 0) is 60.2 Å². The van der Waals surface area contributed by atoms with Gasteiger partial charge in [-0.3, -0.25) is 4.79 Å². The van der Waals surface area contributed by atoms with Gasteiger partial charge in [-0.15, -0.1) is 0 Å². The molecular formula is C17H20N2OS. The Balaban J connectivity index is 1.63. The number of anilines is 1. The molecule has 4 heteroatoms. The first kappa shape index (κ1) is 14.3. The normalized spacial score (nSPS) is 19.5. The topological polar surface area (TPSA) is 41.1 Å². The average Bonchev–Trinajstić information content (AvgIpc) is 2.91. The Labute approximate surface area is 129 Å². The van der Waals surface area contributed by atoms with Gasteiger partial charge in [0.15, 0.2) is 0 Å². The van der Waals surface area contributed by atoms with E-state index in [1.165, 1.54) is 11.1 Å². The van der Waals surface area contributed by atoms with Crippen molar-refractivity contribution in [3.63, 3.8) is 0 Å². The van der Waals surface area contributed by atoms with Crippen LogP contribution in [0.2, 0.25) is 0 Å². The van der Waals surface area contributed by atoms with Crippen LogP contribution in [0.3, 0.4) is 0 Å². The Morgan fingerprint density at radius 2 is 2.24 bits per heavy atom. The van der Waals surface area contributed by atoms with Gasteiger partial charge in [0.05, 0.1) is 6.04 Å². The quantitative estimate of drug-likeness (QED) is 0.910. The fourth-order valence-electron chi connectivity index (χ4n) is 2.83. The van der Waals surface area contributed by atoms with Crippen LogP contribution < -0.4 is 10.6 Å². The van der Waals surface area contributed by atoms with Crippen molar-refractivity contribution in [3.8, 4) is 0 Å². The molecule has 1 aliphatic heterocycles. The van der Waals surface area contributed by atoms with Gasteiger partial charge in [-0.1, -0.05) is 18.2 Å². The highest BCUT2D eigenvalue weighted by Gasteiger charge is 2.24. The first-order chi connectivity index (χ1) is 10.2. The molecular weight excluding hydrogens is 280 g/mol. The fraction of sp³-hybridized carbons (Fsp3) is 0.353. The van der Waals surface area contributed by atoms with Crippen molar-refractivity contribution in [2.75, 3.05) is 5.32 Å². The minimum Gasteiger partial charge on any atom is -0.324 e. The summed E-state index contributed by atoms with van der Waals surface area (Å²) < 4.78 is 0. The van der Waals surface area contributed by atoms with E-state index in [2.05, 4.69) is 40.5 Å². The number of rotatable bonds is 4. The minimum atomic E-state index is -0.119. The Kier molecular flexibility index (Phi) is 4.36. The summed E-state index contributed by atoms with van der Waals surface area (Å²) in [5, 5.41) is 10.8. The molecule has 2 aromatic rings. The van der Waals surface area contributed by atoms with Crippen LogP contribution in [0.1, 0.15) is 24.5 Å². The first-order valence-corrected chi connectivity index (χ1v) is 8.32. The van der Waals surface area contributed by atoms with Crippen LogP contribution in [-0.2, 0) is 17.6 Å². The van der Waals surface area contributed by atoms with Crippen molar-refractivity contribution in [3.05, 3.63) is 52.2 Å². The number of aryl methyl sites for hydroxylation is 1. The molecule has 1 aromatic heterocycles. The molecule has 0 radical (unpaired) electrons. The molecule has 0 fully saturated rings. The zero-order chi connectivity index (χ0) is 14.7. The van der Waals surface area contributed by atoms with E-state index >= 15 is 0 Å². The molecule has 0 spiro atoms. The van der Waals surface area contributed by atoms with E-state index in [9.17, 15) is 4.79 Å². The highest BCUT2D eigenvalue weighted by molar-refractivity contribution is 7.07. The molecule has 110 valence electrons. The van der Waals surface area contributed by atoms with Gasteiger partial charge in [0.2, 0.25) is 5.91 Å². The zero-order valence-corrected chi connectivity index (χ0v) is 13.0. The second-order valence-electron chi connectivity index (χ2n) is 5.64. The van der Waals surface area contributed by atoms with Crippen molar-refractivity contribution in [2.45, 2.75) is 38.3 Å². The summed E-state index contributed by atoms with van der Waals surface area (Å²) in [5.41, 5.74) is 3.51. The van der Waals surface area contributed by atoms with Crippen molar-refractivity contribution in [1.82, 2.24) is 5.32 Å². The Hall–Kier alpha value is -1.65. The lowest BCUT2D eigenvalue weighted by molar-refractivity contribution is -0.118. The third kappa shape index (κ3) is 3.52. The predicted octanol–water partition coefficient (Wildman–Crippen LogP) is 3.22. The molecule has 2 heterocycles. The standard InChI is InChI=1S/C17H20N2OS/c1-12(10-13-8-9-21-11-13)18-16-7-6-14-4-2-3-5-15(14)19-17(16)20/h2-5,8-9,11-12,16,18H,6-7,10H2,1H3,(H,19,20). The zero-order valence-electron chi connectivity index (χ0n) is 12.1. The molecule has 0 aliphatic carbocycles. The molecule has 0 bridgehead atoms. The lowest BCUT2D eigenvalue weighted by Crippen LogP contribution is -2.45. The van der Waals surface area contributed by atoms with Gasteiger partial charge >= 0.3 is 0 Å². The van der Waals surface area contributed by atoms with Crippen LogP contribution in [0.5, 0.6) is 0 Å². The number of fused-ring (bicyclic) bond motifs is 1. The second-order valence-corrected chi connectivity index (χ2v) is 6.42. The summed E-state index contributed by atoms with van der Waals surface area (Å²) in [6.45, 7) is 2.14. The molecule has 3 rings (SSSR count). The fourth-order valence-corrected chi connectivity index (χ4v) is 3.52. The lowest BCUT2D eigenvalue weighted by atomic mass is 10.0. The number of thiophene rings is 1. The predicted molar refractivity (Wildman–Crippen MR) is 87.8 cm³/mol. The number of carbonyl (C=O) groups excluding carboxylic acids is 1. The van der Waals surface area contributed by atoms with Gasteiger partial charge in [-0.2, -0.15) is 11.3 Å². The molecule has 0 saturated heterocycles. The number of amides is 1. The summed E-state index contributed by atoms with van der Waals surface area (Å²) in [6, 6.07) is 10.4. The van der Waals surface area contributed by atoms with Gasteiger partial charge < -0.3 is 10.6 Å². The first-order valence-electron chi connectivity index (χ1n) is 7.38. The molecule has 3 nitrogen and oxygen atoms in total. The smallest absolute Gasteiger partial charge is 0.241 e. The largest absolute Gasteiger partial charge is 0.324 e. The number of nitrogens with one attached hydrogen (secondary N) is 2. The molecule has 2 atom stereocenters. The van der Waals surface area contributed by atoms with Gasteiger partial charge in [0, 0.05) is 11.7 Å².